The number of carboxylic acid groups (broad SMARTS) is 1. The lowest BCUT2D eigenvalue weighted by Crippen LogP contribution is -2.42. The van der Waals surface area contributed by atoms with Crippen LogP contribution in [0.2, 0.25) is 0 Å². The molecule has 0 amide bonds. The van der Waals surface area contributed by atoms with Gasteiger partial charge in [0.15, 0.2) is 0 Å². The summed E-state index contributed by atoms with van der Waals surface area (Å²) in [6, 6.07) is 1.07. The van der Waals surface area contributed by atoms with E-state index in [9.17, 15) is 9.90 Å². The van der Waals surface area contributed by atoms with Crippen LogP contribution in [-0.2, 0) is 4.79 Å². The monoisotopic (exact) mass is 195 g/mol. The van der Waals surface area contributed by atoms with Crippen LogP contribution in [0.1, 0.15) is 38.5 Å². The molecule has 0 spiro atoms. The second-order valence-electron chi connectivity index (χ2n) is 5.05. The maximum Gasteiger partial charge on any atom is 0.321 e. The Morgan fingerprint density at radius 3 is 2.36 bits per heavy atom. The summed E-state index contributed by atoms with van der Waals surface area (Å²) < 4.78 is 0. The van der Waals surface area contributed by atoms with Crippen LogP contribution in [0.4, 0.5) is 0 Å². The average molecular weight is 195 g/mol. The number of carbonyl (C=O) groups is 1. The van der Waals surface area contributed by atoms with Crippen molar-refractivity contribution in [1.82, 2.24) is 4.90 Å². The van der Waals surface area contributed by atoms with Crippen molar-refractivity contribution in [2.45, 2.75) is 56.7 Å². The van der Waals surface area contributed by atoms with E-state index in [1.165, 1.54) is 25.7 Å². The summed E-state index contributed by atoms with van der Waals surface area (Å²) in [6.07, 6.45) is 7.34. The molecule has 0 aromatic rings. The summed E-state index contributed by atoms with van der Waals surface area (Å²) in [5.41, 5.74) is 0. The molecule has 2 aliphatic carbocycles. The lowest BCUT2D eigenvalue weighted by atomic mass is 9.83. The Morgan fingerprint density at radius 1 is 1.14 bits per heavy atom. The largest absolute Gasteiger partial charge is 0.480 e. The first kappa shape index (κ1) is 8.72. The van der Waals surface area contributed by atoms with Gasteiger partial charge in [-0.2, -0.15) is 0 Å². The molecule has 1 unspecified atom stereocenters. The van der Waals surface area contributed by atoms with Gasteiger partial charge in [-0.15, -0.1) is 0 Å². The number of hydrogen-bond donors (Lipinski definition) is 1. The van der Waals surface area contributed by atoms with Gasteiger partial charge >= 0.3 is 5.97 Å². The summed E-state index contributed by atoms with van der Waals surface area (Å²) in [7, 11) is 0. The van der Waals surface area contributed by atoms with E-state index in [0.29, 0.717) is 18.0 Å². The van der Waals surface area contributed by atoms with Gasteiger partial charge in [0.2, 0.25) is 0 Å². The second kappa shape index (κ2) is 2.96. The van der Waals surface area contributed by atoms with Gasteiger partial charge in [-0.05, 0) is 31.6 Å². The average Bonchev–Trinajstić information content (AvgIpc) is 2.74. The maximum atomic E-state index is 11.2. The van der Waals surface area contributed by atoms with Gasteiger partial charge < -0.3 is 5.11 Å². The minimum atomic E-state index is -0.582. The smallest absolute Gasteiger partial charge is 0.321 e. The van der Waals surface area contributed by atoms with Crippen molar-refractivity contribution in [2.24, 2.45) is 5.92 Å². The van der Waals surface area contributed by atoms with Crippen LogP contribution in [0.25, 0.3) is 0 Å². The molecule has 4 rings (SSSR count). The molecule has 2 aliphatic heterocycles. The fraction of sp³-hybridized carbons (Fsp3) is 0.909. The summed E-state index contributed by atoms with van der Waals surface area (Å²) in [4.78, 5) is 13.5. The molecule has 3 nitrogen and oxygen atoms in total. The molecular formula is C11H17NO2. The van der Waals surface area contributed by atoms with Crippen molar-refractivity contribution in [1.29, 1.82) is 0 Å². The molecule has 0 aromatic heterocycles. The van der Waals surface area contributed by atoms with Gasteiger partial charge in [0, 0.05) is 12.1 Å². The summed E-state index contributed by atoms with van der Waals surface area (Å²) in [6.45, 7) is 0. The summed E-state index contributed by atoms with van der Waals surface area (Å²) >= 11 is 0. The number of aliphatic carboxylic acids is 1. The molecule has 14 heavy (non-hydrogen) atoms. The van der Waals surface area contributed by atoms with Crippen molar-refractivity contribution in [2.75, 3.05) is 0 Å². The predicted octanol–water partition coefficient (Wildman–Crippen LogP) is 1.48. The van der Waals surface area contributed by atoms with Gasteiger partial charge in [-0.25, -0.2) is 0 Å². The molecule has 2 bridgehead atoms. The highest BCUT2D eigenvalue weighted by Crippen LogP contribution is 2.48. The number of hydrogen-bond acceptors (Lipinski definition) is 2. The zero-order valence-corrected chi connectivity index (χ0v) is 8.35. The van der Waals surface area contributed by atoms with Crippen molar-refractivity contribution < 1.29 is 9.90 Å². The number of nitrogens with zero attached hydrogens (tertiary/aromatic N) is 1. The van der Waals surface area contributed by atoms with Gasteiger partial charge in [-0.3, -0.25) is 9.69 Å². The molecule has 1 N–H and O–H groups in total. The van der Waals surface area contributed by atoms with E-state index in [1.54, 1.807) is 0 Å². The Kier molecular flexibility index (Phi) is 1.84. The van der Waals surface area contributed by atoms with Crippen molar-refractivity contribution in [3.05, 3.63) is 0 Å². The first-order chi connectivity index (χ1) is 6.77. The number of carboxylic acids is 1. The minimum Gasteiger partial charge on any atom is -0.480 e. The SMILES string of the molecule is O=C(O)C1C2CC(C2)N1C1CCCC1. The molecule has 2 saturated heterocycles. The lowest BCUT2D eigenvalue weighted by Gasteiger charge is -2.30. The minimum absolute atomic E-state index is 0.136. The van der Waals surface area contributed by atoms with Crippen LogP contribution in [0.3, 0.4) is 0 Å². The van der Waals surface area contributed by atoms with E-state index < -0.39 is 5.97 Å². The topological polar surface area (TPSA) is 40.5 Å². The van der Waals surface area contributed by atoms with Crippen LogP contribution in [0, 0.1) is 5.92 Å². The highest BCUT2D eigenvalue weighted by atomic mass is 16.4. The van der Waals surface area contributed by atoms with Crippen molar-refractivity contribution in [3.63, 3.8) is 0 Å². The van der Waals surface area contributed by atoms with Crippen LogP contribution in [0.15, 0.2) is 0 Å². The Hall–Kier alpha value is -0.570. The van der Waals surface area contributed by atoms with Crippen LogP contribution in [-0.4, -0.2) is 34.1 Å². The third kappa shape index (κ3) is 1.05. The molecule has 4 aliphatic rings. The van der Waals surface area contributed by atoms with E-state index in [0.717, 1.165) is 12.8 Å². The van der Waals surface area contributed by atoms with E-state index in [4.69, 9.17) is 0 Å². The van der Waals surface area contributed by atoms with Crippen LogP contribution < -0.4 is 0 Å². The molecular weight excluding hydrogens is 178 g/mol. The zero-order chi connectivity index (χ0) is 9.71. The van der Waals surface area contributed by atoms with Gasteiger partial charge in [-0.1, -0.05) is 12.8 Å². The van der Waals surface area contributed by atoms with E-state index >= 15 is 0 Å². The van der Waals surface area contributed by atoms with E-state index in [-0.39, 0.29) is 6.04 Å². The number of rotatable bonds is 2. The van der Waals surface area contributed by atoms with E-state index in [1.807, 2.05) is 0 Å². The van der Waals surface area contributed by atoms with Crippen molar-refractivity contribution >= 4 is 5.97 Å². The van der Waals surface area contributed by atoms with Gasteiger partial charge in [0.05, 0.1) is 0 Å². The third-order valence-corrected chi connectivity index (χ3v) is 4.34. The highest BCUT2D eigenvalue weighted by Gasteiger charge is 2.55. The second-order valence-corrected chi connectivity index (χ2v) is 5.05. The van der Waals surface area contributed by atoms with Gasteiger partial charge in [0.25, 0.3) is 0 Å². The third-order valence-electron chi connectivity index (χ3n) is 4.34. The Morgan fingerprint density at radius 2 is 1.79 bits per heavy atom. The van der Waals surface area contributed by atoms with Crippen LogP contribution >= 0.6 is 0 Å². The fourth-order valence-electron chi connectivity index (χ4n) is 3.66. The molecule has 0 radical (unpaired) electrons. The normalized spacial score (nSPS) is 42.7. The predicted molar refractivity (Wildman–Crippen MR) is 52.0 cm³/mol. The standard InChI is InChI=1S/C11H17NO2/c13-11(14)10-7-5-9(6-7)12(10)8-3-1-2-4-8/h7-10H,1-6H2,(H,13,14). The quantitative estimate of drug-likeness (QED) is 0.725. The first-order valence-corrected chi connectivity index (χ1v) is 5.77. The van der Waals surface area contributed by atoms with E-state index in [2.05, 4.69) is 4.90 Å². The maximum absolute atomic E-state index is 11.2. The molecule has 0 aromatic carbocycles. The Labute approximate surface area is 84.1 Å². The Balaban J connectivity index is 1.80. The number of fused-ring (bicyclic) bond motifs is 1. The lowest BCUT2D eigenvalue weighted by molar-refractivity contribution is -0.143. The summed E-state index contributed by atoms with van der Waals surface area (Å²) in [5, 5.41) is 9.20. The molecule has 2 heterocycles. The zero-order valence-electron chi connectivity index (χ0n) is 8.35. The molecule has 1 atom stereocenters. The molecule has 2 saturated carbocycles. The van der Waals surface area contributed by atoms with Gasteiger partial charge in [0.1, 0.15) is 6.04 Å². The highest BCUT2D eigenvalue weighted by molar-refractivity contribution is 5.75. The summed E-state index contributed by atoms with van der Waals surface area (Å²) in [5.74, 6) is -0.111. The Bertz CT molecular complexity index is 254. The molecule has 78 valence electrons. The van der Waals surface area contributed by atoms with Crippen molar-refractivity contribution in [3.8, 4) is 0 Å². The molecule has 4 fully saturated rings. The van der Waals surface area contributed by atoms with Crippen LogP contribution in [0.5, 0.6) is 0 Å². The fourth-order valence-corrected chi connectivity index (χ4v) is 3.66. The first-order valence-electron chi connectivity index (χ1n) is 5.77. The molecule has 3 heteroatoms.